The third-order valence-corrected chi connectivity index (χ3v) is 7.38. The zero-order chi connectivity index (χ0) is 23.4. The highest BCUT2D eigenvalue weighted by Gasteiger charge is 2.30. The number of sulfonamides is 1. The van der Waals surface area contributed by atoms with Crippen LogP contribution < -0.4 is 5.32 Å². The number of hydrogen-bond donors (Lipinski definition) is 1. The zero-order valence-corrected chi connectivity index (χ0v) is 19.6. The fraction of sp³-hybridized carbons (Fsp3) is 0.280. The van der Waals surface area contributed by atoms with Crippen LogP contribution in [0.4, 0.5) is 5.69 Å². The van der Waals surface area contributed by atoms with Crippen LogP contribution in [0.3, 0.4) is 0 Å². The topological polar surface area (TPSA) is 84.3 Å². The fourth-order valence-corrected chi connectivity index (χ4v) is 5.28. The summed E-state index contributed by atoms with van der Waals surface area (Å²) < 4.78 is 28.6. The van der Waals surface area contributed by atoms with Gasteiger partial charge in [-0.05, 0) is 56.5 Å². The van der Waals surface area contributed by atoms with Crippen LogP contribution in [0.25, 0.3) is 11.8 Å². The summed E-state index contributed by atoms with van der Waals surface area (Å²) in [6, 6.07) is 18.9. The Labute approximate surface area is 194 Å². The SMILES string of the molecule is Cc1cc(C)n(-c2ccccc2NC(=O)C2CCN(S(=O)(=O)/C=C/c3ccccc3)CC2)n1. The summed E-state index contributed by atoms with van der Waals surface area (Å²) >= 11 is 0. The summed E-state index contributed by atoms with van der Waals surface area (Å²) in [7, 11) is -3.53. The highest BCUT2D eigenvalue weighted by molar-refractivity contribution is 7.92. The lowest BCUT2D eigenvalue weighted by molar-refractivity contribution is -0.120. The van der Waals surface area contributed by atoms with Gasteiger partial charge in [0, 0.05) is 30.1 Å². The van der Waals surface area contributed by atoms with Crippen LogP contribution >= 0.6 is 0 Å². The van der Waals surface area contributed by atoms with Gasteiger partial charge < -0.3 is 5.32 Å². The Bertz CT molecular complexity index is 1260. The summed E-state index contributed by atoms with van der Waals surface area (Å²) in [4.78, 5) is 13.0. The number of carbonyl (C=O) groups is 1. The number of para-hydroxylation sites is 2. The average molecular weight is 465 g/mol. The number of amides is 1. The first kappa shape index (κ1) is 22.9. The van der Waals surface area contributed by atoms with E-state index in [-0.39, 0.29) is 11.8 Å². The smallest absolute Gasteiger partial charge is 0.236 e. The molecule has 1 saturated heterocycles. The molecule has 0 saturated carbocycles. The molecule has 7 nitrogen and oxygen atoms in total. The van der Waals surface area contributed by atoms with Crippen molar-refractivity contribution >= 4 is 27.7 Å². The minimum Gasteiger partial charge on any atom is -0.324 e. The van der Waals surface area contributed by atoms with Gasteiger partial charge in [-0.25, -0.2) is 13.1 Å². The van der Waals surface area contributed by atoms with Gasteiger partial charge in [-0.2, -0.15) is 9.40 Å². The number of piperidine rings is 1. The van der Waals surface area contributed by atoms with Gasteiger partial charge in [0.05, 0.1) is 17.1 Å². The van der Waals surface area contributed by atoms with Crippen molar-refractivity contribution in [3.8, 4) is 5.69 Å². The molecule has 33 heavy (non-hydrogen) atoms. The molecule has 1 fully saturated rings. The first-order valence-corrected chi connectivity index (χ1v) is 12.5. The zero-order valence-electron chi connectivity index (χ0n) is 18.8. The Morgan fingerprint density at radius 1 is 1.03 bits per heavy atom. The maximum atomic E-state index is 13.0. The molecule has 0 bridgehead atoms. The van der Waals surface area contributed by atoms with Crippen molar-refractivity contribution in [2.45, 2.75) is 26.7 Å². The maximum absolute atomic E-state index is 13.0. The molecule has 3 aromatic rings. The van der Waals surface area contributed by atoms with Crippen LogP contribution in [0.15, 0.2) is 66.1 Å². The summed E-state index contributed by atoms with van der Waals surface area (Å²) in [5, 5.41) is 8.80. The van der Waals surface area contributed by atoms with E-state index in [4.69, 9.17) is 0 Å². The number of benzene rings is 2. The molecule has 0 aliphatic carbocycles. The molecule has 1 aliphatic heterocycles. The number of aryl methyl sites for hydroxylation is 2. The van der Waals surface area contributed by atoms with Crippen LogP contribution in [-0.2, 0) is 14.8 Å². The standard InChI is InChI=1S/C25H28N4O3S/c1-19-18-20(2)29(27-19)24-11-7-6-10-23(24)26-25(30)22-12-15-28(16-13-22)33(31,32)17-14-21-8-4-3-5-9-21/h3-11,14,17-18,22H,12-13,15-16H2,1-2H3,(H,26,30)/b17-14+. The van der Waals surface area contributed by atoms with Crippen molar-refractivity contribution in [3.05, 3.63) is 83.0 Å². The molecule has 0 spiro atoms. The Hall–Kier alpha value is -3.23. The molecule has 2 aromatic carbocycles. The number of nitrogens with one attached hydrogen (secondary N) is 1. The molecule has 1 N–H and O–H groups in total. The van der Waals surface area contributed by atoms with E-state index in [1.54, 1.807) is 6.08 Å². The molecule has 0 unspecified atom stereocenters. The summed E-state index contributed by atoms with van der Waals surface area (Å²) in [6.45, 7) is 4.54. The van der Waals surface area contributed by atoms with Crippen LogP contribution in [0.5, 0.6) is 0 Å². The number of nitrogens with zero attached hydrogens (tertiary/aromatic N) is 3. The van der Waals surface area contributed by atoms with Gasteiger partial charge in [0.1, 0.15) is 0 Å². The van der Waals surface area contributed by atoms with Crippen molar-refractivity contribution in [3.63, 3.8) is 0 Å². The number of carbonyl (C=O) groups excluding carboxylic acids is 1. The predicted octanol–water partition coefficient (Wildman–Crippen LogP) is 4.14. The van der Waals surface area contributed by atoms with E-state index in [1.807, 2.05) is 79.2 Å². The van der Waals surface area contributed by atoms with Crippen molar-refractivity contribution in [1.82, 2.24) is 14.1 Å². The first-order valence-electron chi connectivity index (χ1n) is 11.0. The molecule has 1 aliphatic rings. The van der Waals surface area contributed by atoms with Gasteiger partial charge in [-0.15, -0.1) is 0 Å². The number of hydrogen-bond acceptors (Lipinski definition) is 4. The van der Waals surface area contributed by atoms with E-state index in [0.717, 1.165) is 22.6 Å². The molecule has 0 atom stereocenters. The van der Waals surface area contributed by atoms with Gasteiger partial charge in [-0.1, -0.05) is 42.5 Å². The van der Waals surface area contributed by atoms with E-state index < -0.39 is 10.0 Å². The quantitative estimate of drug-likeness (QED) is 0.594. The molecule has 172 valence electrons. The van der Waals surface area contributed by atoms with Crippen LogP contribution in [0.1, 0.15) is 29.8 Å². The van der Waals surface area contributed by atoms with E-state index in [1.165, 1.54) is 9.71 Å². The normalized spacial score (nSPS) is 15.7. The van der Waals surface area contributed by atoms with Gasteiger partial charge >= 0.3 is 0 Å². The lowest BCUT2D eigenvalue weighted by Crippen LogP contribution is -2.40. The van der Waals surface area contributed by atoms with Crippen molar-refractivity contribution in [2.75, 3.05) is 18.4 Å². The predicted molar refractivity (Wildman–Crippen MR) is 130 cm³/mol. The van der Waals surface area contributed by atoms with Gasteiger partial charge in [0.2, 0.25) is 15.9 Å². The first-order chi connectivity index (χ1) is 15.8. The molecular formula is C25H28N4O3S. The highest BCUT2D eigenvalue weighted by atomic mass is 32.2. The number of aromatic nitrogens is 2. The monoisotopic (exact) mass is 464 g/mol. The average Bonchev–Trinajstić information content (AvgIpc) is 3.16. The summed E-state index contributed by atoms with van der Waals surface area (Å²) in [5.74, 6) is -0.344. The third kappa shape index (κ3) is 5.40. The largest absolute Gasteiger partial charge is 0.324 e. The highest BCUT2D eigenvalue weighted by Crippen LogP contribution is 2.25. The van der Waals surface area contributed by atoms with E-state index >= 15 is 0 Å². The second-order valence-electron chi connectivity index (χ2n) is 8.28. The lowest BCUT2D eigenvalue weighted by atomic mass is 9.97. The van der Waals surface area contributed by atoms with E-state index in [9.17, 15) is 13.2 Å². The molecule has 0 radical (unpaired) electrons. The molecule has 2 heterocycles. The summed E-state index contributed by atoms with van der Waals surface area (Å²) in [6.07, 6.45) is 2.56. The minimum atomic E-state index is -3.53. The van der Waals surface area contributed by atoms with Crippen molar-refractivity contribution in [1.29, 1.82) is 0 Å². The van der Waals surface area contributed by atoms with E-state index in [0.29, 0.717) is 31.6 Å². The number of anilines is 1. The van der Waals surface area contributed by atoms with Crippen LogP contribution in [0, 0.1) is 19.8 Å². The van der Waals surface area contributed by atoms with E-state index in [2.05, 4.69) is 10.4 Å². The minimum absolute atomic E-state index is 0.0964. The van der Waals surface area contributed by atoms with Gasteiger partial charge in [0.25, 0.3) is 0 Å². The maximum Gasteiger partial charge on any atom is 0.236 e. The fourth-order valence-electron chi connectivity index (χ4n) is 4.06. The second-order valence-corrected chi connectivity index (χ2v) is 10.1. The van der Waals surface area contributed by atoms with Gasteiger partial charge in [-0.3, -0.25) is 4.79 Å². The van der Waals surface area contributed by atoms with Crippen LogP contribution in [-0.4, -0.2) is 41.5 Å². The number of rotatable bonds is 6. The molecule has 1 amide bonds. The van der Waals surface area contributed by atoms with Crippen LogP contribution in [0.2, 0.25) is 0 Å². The Morgan fingerprint density at radius 3 is 2.36 bits per heavy atom. The molecule has 1 aromatic heterocycles. The molecule has 4 rings (SSSR count). The third-order valence-electron chi connectivity index (χ3n) is 5.82. The molecule has 8 heteroatoms. The Kier molecular flexibility index (Phi) is 6.76. The lowest BCUT2D eigenvalue weighted by Gasteiger charge is -2.29. The Morgan fingerprint density at radius 2 is 1.70 bits per heavy atom. The van der Waals surface area contributed by atoms with Crippen molar-refractivity contribution < 1.29 is 13.2 Å². The second kappa shape index (κ2) is 9.72. The van der Waals surface area contributed by atoms with Crippen molar-refractivity contribution in [2.24, 2.45) is 5.92 Å². The van der Waals surface area contributed by atoms with Gasteiger partial charge in [0.15, 0.2) is 0 Å². The summed E-state index contributed by atoms with van der Waals surface area (Å²) in [5.41, 5.74) is 4.22. The molecular weight excluding hydrogens is 436 g/mol. The Balaban J connectivity index is 1.40.